The van der Waals surface area contributed by atoms with Crippen molar-refractivity contribution >= 4 is 28.3 Å². The minimum atomic E-state index is -0.342. The van der Waals surface area contributed by atoms with Gasteiger partial charge in [-0.15, -0.1) is 0 Å². The van der Waals surface area contributed by atoms with Crippen molar-refractivity contribution in [1.29, 1.82) is 0 Å². The molecule has 0 bridgehead atoms. The van der Waals surface area contributed by atoms with Gasteiger partial charge in [-0.25, -0.2) is 4.98 Å². The van der Waals surface area contributed by atoms with Crippen LogP contribution in [0.4, 0.5) is 5.82 Å². The van der Waals surface area contributed by atoms with E-state index in [0.717, 1.165) is 10.9 Å². The molecule has 0 aliphatic carbocycles. The number of carbonyl (C=O) groups excluding carboxylic acids is 1. The van der Waals surface area contributed by atoms with E-state index < -0.39 is 0 Å². The SMILES string of the molecule is COc1ccc2oc(C(=O)Nc3ccnc4ccnn34)c(C)c2c1. The predicted octanol–water partition coefficient (Wildman–Crippen LogP) is 3.04. The van der Waals surface area contributed by atoms with Crippen LogP contribution in [0, 0.1) is 6.92 Å². The van der Waals surface area contributed by atoms with Crippen molar-refractivity contribution in [2.24, 2.45) is 0 Å². The number of furan rings is 1. The van der Waals surface area contributed by atoms with Crippen LogP contribution in [0.5, 0.6) is 5.75 Å². The summed E-state index contributed by atoms with van der Waals surface area (Å²) in [4.78, 5) is 16.8. The van der Waals surface area contributed by atoms with Crippen LogP contribution in [-0.4, -0.2) is 27.6 Å². The van der Waals surface area contributed by atoms with E-state index in [0.29, 0.717) is 22.8 Å². The Morgan fingerprint density at radius 2 is 2.12 bits per heavy atom. The molecular formula is C17H14N4O3. The third-order valence-corrected chi connectivity index (χ3v) is 3.88. The number of benzene rings is 1. The molecule has 0 saturated heterocycles. The summed E-state index contributed by atoms with van der Waals surface area (Å²) in [6.07, 6.45) is 3.24. The lowest BCUT2D eigenvalue weighted by Gasteiger charge is -2.05. The lowest BCUT2D eigenvalue weighted by molar-refractivity contribution is 0.0997. The summed E-state index contributed by atoms with van der Waals surface area (Å²) in [6, 6.07) is 8.87. The first-order valence-corrected chi connectivity index (χ1v) is 7.34. The number of rotatable bonds is 3. The second-order valence-corrected chi connectivity index (χ2v) is 5.30. The molecule has 1 N–H and O–H groups in total. The van der Waals surface area contributed by atoms with E-state index in [4.69, 9.17) is 9.15 Å². The number of nitrogens with one attached hydrogen (secondary N) is 1. The predicted molar refractivity (Wildman–Crippen MR) is 88.4 cm³/mol. The molecule has 0 aliphatic rings. The topological polar surface area (TPSA) is 81.7 Å². The summed E-state index contributed by atoms with van der Waals surface area (Å²) in [5.74, 6) is 1.15. The van der Waals surface area contributed by atoms with Crippen LogP contribution in [-0.2, 0) is 0 Å². The van der Waals surface area contributed by atoms with Gasteiger partial charge in [0.05, 0.1) is 13.3 Å². The first kappa shape index (κ1) is 14.3. The van der Waals surface area contributed by atoms with Crippen LogP contribution in [0.3, 0.4) is 0 Å². The second kappa shape index (κ2) is 5.38. The first-order valence-electron chi connectivity index (χ1n) is 7.34. The minimum Gasteiger partial charge on any atom is -0.497 e. The average Bonchev–Trinajstić information content (AvgIpc) is 3.20. The number of amides is 1. The van der Waals surface area contributed by atoms with Gasteiger partial charge in [0.25, 0.3) is 5.91 Å². The molecule has 3 heterocycles. The van der Waals surface area contributed by atoms with Gasteiger partial charge in [-0.05, 0) is 31.2 Å². The lowest BCUT2D eigenvalue weighted by atomic mass is 10.1. The summed E-state index contributed by atoms with van der Waals surface area (Å²) >= 11 is 0. The first-order chi connectivity index (χ1) is 11.7. The number of ether oxygens (including phenoxy) is 1. The van der Waals surface area contributed by atoms with E-state index >= 15 is 0 Å². The number of fused-ring (bicyclic) bond motifs is 2. The van der Waals surface area contributed by atoms with E-state index in [1.54, 1.807) is 48.3 Å². The fraction of sp³-hybridized carbons (Fsp3) is 0.118. The van der Waals surface area contributed by atoms with Crippen molar-refractivity contribution in [2.75, 3.05) is 12.4 Å². The van der Waals surface area contributed by atoms with Gasteiger partial charge in [0.2, 0.25) is 0 Å². The van der Waals surface area contributed by atoms with Crippen LogP contribution >= 0.6 is 0 Å². The van der Waals surface area contributed by atoms with Crippen molar-refractivity contribution in [3.8, 4) is 5.75 Å². The highest BCUT2D eigenvalue weighted by Gasteiger charge is 2.19. The highest BCUT2D eigenvalue weighted by Crippen LogP contribution is 2.29. The third kappa shape index (κ3) is 2.18. The molecule has 0 fully saturated rings. The van der Waals surface area contributed by atoms with Crippen LogP contribution in [0.1, 0.15) is 16.1 Å². The molecule has 7 nitrogen and oxygen atoms in total. The highest BCUT2D eigenvalue weighted by atomic mass is 16.5. The molecule has 24 heavy (non-hydrogen) atoms. The molecule has 7 heteroatoms. The Morgan fingerprint density at radius 1 is 1.25 bits per heavy atom. The molecule has 0 radical (unpaired) electrons. The van der Waals surface area contributed by atoms with Gasteiger partial charge in [0.1, 0.15) is 17.2 Å². The zero-order valence-electron chi connectivity index (χ0n) is 13.1. The standard InChI is InChI=1S/C17H14N4O3/c1-10-12-9-11(23-2)3-4-13(12)24-16(10)17(22)20-15-5-7-18-14-6-8-19-21(14)15/h3-9H,1-2H3,(H,20,22). The van der Waals surface area contributed by atoms with Crippen molar-refractivity contribution in [3.05, 3.63) is 54.0 Å². The number of hydrogen-bond acceptors (Lipinski definition) is 5. The number of anilines is 1. The Hall–Kier alpha value is -3.35. The maximum atomic E-state index is 12.6. The Bertz CT molecular complexity index is 1060. The van der Waals surface area contributed by atoms with Gasteiger partial charge >= 0.3 is 0 Å². The lowest BCUT2D eigenvalue weighted by Crippen LogP contribution is -2.15. The Labute approximate surface area is 136 Å². The van der Waals surface area contributed by atoms with E-state index in [1.165, 1.54) is 0 Å². The molecule has 0 unspecified atom stereocenters. The third-order valence-electron chi connectivity index (χ3n) is 3.88. The number of nitrogens with zero attached hydrogens (tertiary/aromatic N) is 3. The minimum absolute atomic E-state index is 0.260. The molecule has 4 rings (SSSR count). The molecule has 0 saturated carbocycles. The monoisotopic (exact) mass is 322 g/mol. The molecule has 1 aromatic carbocycles. The van der Waals surface area contributed by atoms with E-state index in [9.17, 15) is 4.79 Å². The van der Waals surface area contributed by atoms with Crippen LogP contribution in [0.15, 0.2) is 47.1 Å². The molecule has 0 aliphatic heterocycles. The van der Waals surface area contributed by atoms with Crippen molar-refractivity contribution in [2.45, 2.75) is 6.92 Å². The van der Waals surface area contributed by atoms with Gasteiger partial charge in [-0.1, -0.05) is 0 Å². The molecule has 0 spiro atoms. The van der Waals surface area contributed by atoms with Crippen LogP contribution in [0.2, 0.25) is 0 Å². The Morgan fingerprint density at radius 3 is 2.96 bits per heavy atom. The average molecular weight is 322 g/mol. The number of aromatic nitrogens is 3. The van der Waals surface area contributed by atoms with Crippen molar-refractivity contribution < 1.29 is 13.9 Å². The summed E-state index contributed by atoms with van der Waals surface area (Å²) in [6.45, 7) is 1.84. The van der Waals surface area contributed by atoms with Crippen molar-refractivity contribution in [1.82, 2.24) is 14.6 Å². The summed E-state index contributed by atoms with van der Waals surface area (Å²) < 4.78 is 12.5. The molecule has 0 atom stereocenters. The largest absolute Gasteiger partial charge is 0.497 e. The fourth-order valence-electron chi connectivity index (χ4n) is 2.65. The van der Waals surface area contributed by atoms with Gasteiger partial charge in [0, 0.05) is 23.2 Å². The van der Waals surface area contributed by atoms with E-state index in [-0.39, 0.29) is 11.7 Å². The molecule has 4 aromatic rings. The van der Waals surface area contributed by atoms with Gasteiger partial charge < -0.3 is 14.5 Å². The van der Waals surface area contributed by atoms with Crippen LogP contribution < -0.4 is 10.1 Å². The second-order valence-electron chi connectivity index (χ2n) is 5.30. The summed E-state index contributed by atoms with van der Waals surface area (Å²) in [5.41, 5.74) is 2.04. The van der Waals surface area contributed by atoms with E-state index in [2.05, 4.69) is 15.4 Å². The molecular weight excluding hydrogens is 308 g/mol. The van der Waals surface area contributed by atoms with Gasteiger partial charge in [-0.3, -0.25) is 4.79 Å². The quantitative estimate of drug-likeness (QED) is 0.627. The number of aryl methyl sites for hydroxylation is 1. The smallest absolute Gasteiger partial charge is 0.292 e. The molecule has 3 aromatic heterocycles. The zero-order chi connectivity index (χ0) is 16.7. The Kier molecular flexibility index (Phi) is 3.19. The Balaban J connectivity index is 1.73. The maximum absolute atomic E-state index is 12.6. The normalized spacial score (nSPS) is 11.1. The summed E-state index contributed by atoms with van der Waals surface area (Å²) in [5, 5.41) is 7.81. The van der Waals surface area contributed by atoms with Crippen LogP contribution in [0.25, 0.3) is 16.6 Å². The number of methoxy groups -OCH3 is 1. The molecule has 120 valence electrons. The van der Waals surface area contributed by atoms with Gasteiger partial charge in [-0.2, -0.15) is 9.61 Å². The molecule has 1 amide bonds. The highest BCUT2D eigenvalue weighted by molar-refractivity contribution is 6.06. The fourth-order valence-corrected chi connectivity index (χ4v) is 2.65. The number of carbonyl (C=O) groups is 1. The van der Waals surface area contributed by atoms with Crippen molar-refractivity contribution in [3.63, 3.8) is 0 Å². The summed E-state index contributed by atoms with van der Waals surface area (Å²) in [7, 11) is 1.60. The van der Waals surface area contributed by atoms with E-state index in [1.807, 2.05) is 13.0 Å². The maximum Gasteiger partial charge on any atom is 0.292 e. The number of hydrogen-bond donors (Lipinski definition) is 1. The zero-order valence-corrected chi connectivity index (χ0v) is 13.1. The van der Waals surface area contributed by atoms with Gasteiger partial charge in [0.15, 0.2) is 11.4 Å².